The maximum absolute atomic E-state index is 12.2. The second kappa shape index (κ2) is 7.35. The van der Waals surface area contributed by atoms with Gasteiger partial charge in [-0.15, -0.1) is 11.3 Å². The fourth-order valence-electron chi connectivity index (χ4n) is 2.25. The van der Waals surface area contributed by atoms with Crippen LogP contribution in [0.15, 0.2) is 6.07 Å². The van der Waals surface area contributed by atoms with Crippen molar-refractivity contribution < 1.29 is 9.90 Å². The van der Waals surface area contributed by atoms with Gasteiger partial charge in [0.15, 0.2) is 0 Å². The average Bonchev–Trinajstić information content (AvgIpc) is 3.04. The van der Waals surface area contributed by atoms with Crippen LogP contribution >= 0.6 is 23.1 Å². The van der Waals surface area contributed by atoms with Crippen molar-refractivity contribution in [2.45, 2.75) is 37.9 Å². The van der Waals surface area contributed by atoms with E-state index >= 15 is 0 Å². The molecule has 0 bridgehead atoms. The van der Waals surface area contributed by atoms with E-state index in [-0.39, 0.29) is 17.3 Å². The quantitative estimate of drug-likeness (QED) is 0.838. The van der Waals surface area contributed by atoms with Crippen molar-refractivity contribution in [2.75, 3.05) is 18.9 Å². The van der Waals surface area contributed by atoms with Gasteiger partial charge in [0, 0.05) is 17.7 Å². The van der Waals surface area contributed by atoms with Crippen molar-refractivity contribution >= 4 is 29.0 Å². The Kier molecular flexibility index (Phi) is 5.74. The lowest BCUT2D eigenvalue weighted by Gasteiger charge is -2.22. The molecule has 5 heteroatoms. The molecule has 2 rings (SSSR count). The number of thioether (sulfide) groups is 1. The van der Waals surface area contributed by atoms with Gasteiger partial charge in [0.25, 0.3) is 5.91 Å². The van der Waals surface area contributed by atoms with E-state index < -0.39 is 0 Å². The first kappa shape index (κ1) is 16.4. The van der Waals surface area contributed by atoms with Gasteiger partial charge >= 0.3 is 0 Å². The third-order valence-corrected chi connectivity index (χ3v) is 6.19. The number of aliphatic hydroxyl groups is 1. The Morgan fingerprint density at radius 1 is 1.57 bits per heavy atom. The van der Waals surface area contributed by atoms with Gasteiger partial charge in [-0.2, -0.15) is 11.8 Å². The van der Waals surface area contributed by atoms with Crippen LogP contribution in [0.4, 0.5) is 0 Å². The third-order valence-electron chi connectivity index (χ3n) is 3.50. The van der Waals surface area contributed by atoms with Crippen LogP contribution in [-0.4, -0.2) is 34.7 Å². The van der Waals surface area contributed by atoms with E-state index in [9.17, 15) is 4.79 Å². The number of aliphatic hydroxyl groups excluding tert-OH is 1. The van der Waals surface area contributed by atoms with E-state index in [2.05, 4.69) is 24.1 Å². The van der Waals surface area contributed by atoms with Crippen molar-refractivity contribution in [3.05, 3.63) is 21.4 Å². The molecule has 2 N–H and O–H groups in total. The zero-order valence-electron chi connectivity index (χ0n) is 12.5. The van der Waals surface area contributed by atoms with Crippen molar-refractivity contribution in [2.24, 2.45) is 0 Å². The molecule has 0 aliphatic carbocycles. The molecule has 0 aromatic carbocycles. The van der Waals surface area contributed by atoms with Gasteiger partial charge in [0.05, 0.1) is 16.4 Å². The number of thiophene rings is 1. The summed E-state index contributed by atoms with van der Waals surface area (Å²) >= 11 is 3.37. The lowest BCUT2D eigenvalue weighted by Crippen LogP contribution is -2.36. The van der Waals surface area contributed by atoms with Crippen LogP contribution in [-0.2, 0) is 0 Å². The molecule has 1 atom stereocenters. The summed E-state index contributed by atoms with van der Waals surface area (Å²) < 4.78 is 0.186. The monoisotopic (exact) mass is 323 g/mol. The predicted octanol–water partition coefficient (Wildman–Crippen LogP) is 2.81. The highest BCUT2D eigenvalue weighted by Gasteiger charge is 2.30. The molecule has 1 aromatic heterocycles. The smallest absolute Gasteiger partial charge is 0.261 e. The molecule has 0 radical (unpaired) electrons. The molecule has 1 amide bonds. The number of nitrogens with one attached hydrogen (secondary N) is 1. The number of carbonyl (C=O) groups excluding carboxylic acids is 1. The van der Waals surface area contributed by atoms with E-state index in [1.165, 1.54) is 29.9 Å². The van der Waals surface area contributed by atoms with Gasteiger partial charge in [-0.05, 0) is 44.1 Å². The lowest BCUT2D eigenvalue weighted by atomic mass is 10.1. The van der Waals surface area contributed by atoms with Crippen LogP contribution in [0.5, 0.6) is 0 Å². The number of hydrogen-bond donors (Lipinski definition) is 2. The predicted molar refractivity (Wildman–Crippen MR) is 90.1 cm³/mol. The number of carbonyl (C=O) groups is 1. The van der Waals surface area contributed by atoms with E-state index in [0.717, 1.165) is 17.0 Å². The molecular formula is C16H21NO2S2. The zero-order chi connectivity index (χ0) is 15.3. The Morgan fingerprint density at radius 3 is 3.05 bits per heavy atom. The first-order chi connectivity index (χ1) is 10.0. The highest BCUT2D eigenvalue weighted by molar-refractivity contribution is 8.00. The lowest BCUT2D eigenvalue weighted by molar-refractivity contribution is 0.0954. The number of rotatable bonds is 4. The van der Waals surface area contributed by atoms with Crippen LogP contribution in [0.3, 0.4) is 0 Å². The summed E-state index contributed by atoms with van der Waals surface area (Å²) in [6, 6.07) is 1.90. The molecule has 21 heavy (non-hydrogen) atoms. The van der Waals surface area contributed by atoms with E-state index in [0.29, 0.717) is 11.3 Å². The van der Waals surface area contributed by atoms with Crippen LogP contribution in [0, 0.1) is 18.8 Å². The van der Waals surface area contributed by atoms with Crippen molar-refractivity contribution in [1.29, 1.82) is 0 Å². The Hall–Kier alpha value is -0.960. The zero-order valence-corrected chi connectivity index (χ0v) is 14.1. The topological polar surface area (TPSA) is 49.3 Å². The molecule has 1 saturated heterocycles. The Balaban J connectivity index is 1.97. The first-order valence-electron chi connectivity index (χ1n) is 7.16. The summed E-state index contributed by atoms with van der Waals surface area (Å²) in [5.74, 6) is 7.10. The van der Waals surface area contributed by atoms with Crippen LogP contribution < -0.4 is 5.32 Å². The van der Waals surface area contributed by atoms with E-state index in [4.69, 9.17) is 5.11 Å². The summed E-state index contributed by atoms with van der Waals surface area (Å²) in [4.78, 5) is 13.9. The van der Waals surface area contributed by atoms with Gasteiger partial charge in [0.1, 0.15) is 0 Å². The molecule has 0 saturated carbocycles. The molecule has 114 valence electrons. The molecule has 3 nitrogen and oxygen atoms in total. The minimum atomic E-state index is -0.00738. The largest absolute Gasteiger partial charge is 0.395 e. The van der Waals surface area contributed by atoms with Crippen molar-refractivity contribution in [1.82, 2.24) is 5.32 Å². The second-order valence-corrected chi connectivity index (χ2v) is 8.22. The van der Waals surface area contributed by atoms with Gasteiger partial charge in [-0.3, -0.25) is 4.79 Å². The molecule has 1 aliphatic rings. The summed E-state index contributed by atoms with van der Waals surface area (Å²) in [6.07, 6.45) is 2.87. The summed E-state index contributed by atoms with van der Waals surface area (Å²) in [5.41, 5.74) is 1.03. The molecule has 2 heterocycles. The molecular weight excluding hydrogens is 302 g/mol. The van der Waals surface area contributed by atoms with Crippen LogP contribution in [0.2, 0.25) is 0 Å². The van der Waals surface area contributed by atoms with Crippen LogP contribution in [0.1, 0.15) is 46.3 Å². The Bertz CT molecular complexity index is 563. The molecule has 1 aromatic rings. The molecule has 1 fully saturated rings. The number of aryl methyl sites for hydroxylation is 1. The Labute approximate surface area is 134 Å². The molecule has 1 unspecified atom stereocenters. The average molecular weight is 323 g/mol. The summed E-state index contributed by atoms with van der Waals surface area (Å²) in [5, 5.41) is 11.8. The highest BCUT2D eigenvalue weighted by atomic mass is 32.2. The van der Waals surface area contributed by atoms with Crippen molar-refractivity contribution in [3.63, 3.8) is 0 Å². The number of hydrogen-bond acceptors (Lipinski definition) is 4. The Morgan fingerprint density at radius 2 is 2.38 bits per heavy atom. The fraction of sp³-hybridized carbons (Fsp3) is 0.562. The van der Waals surface area contributed by atoms with Crippen molar-refractivity contribution in [3.8, 4) is 11.8 Å². The first-order valence-corrected chi connectivity index (χ1v) is 8.97. The van der Waals surface area contributed by atoms with E-state index in [1.54, 1.807) is 0 Å². The minimum Gasteiger partial charge on any atom is -0.395 e. The molecule has 1 aliphatic heterocycles. The van der Waals surface area contributed by atoms with Crippen LogP contribution in [0.25, 0.3) is 0 Å². The van der Waals surface area contributed by atoms with E-state index in [1.807, 2.05) is 24.8 Å². The molecule has 0 spiro atoms. The maximum Gasteiger partial charge on any atom is 0.261 e. The summed E-state index contributed by atoms with van der Waals surface area (Å²) in [6.45, 7) is 4.97. The number of amides is 1. The van der Waals surface area contributed by atoms with Gasteiger partial charge in [-0.1, -0.05) is 11.8 Å². The highest BCUT2D eigenvalue weighted by Crippen LogP contribution is 2.37. The minimum absolute atomic E-state index is 0.00738. The van der Waals surface area contributed by atoms with Gasteiger partial charge in [0.2, 0.25) is 0 Å². The SMILES string of the molecule is Cc1cc(C(=O)NCC2(C)CCCS2)sc1C#CCCO. The van der Waals surface area contributed by atoms with Gasteiger partial charge in [-0.25, -0.2) is 0 Å². The van der Waals surface area contributed by atoms with Gasteiger partial charge < -0.3 is 10.4 Å². The summed E-state index contributed by atoms with van der Waals surface area (Å²) in [7, 11) is 0. The fourth-order valence-corrected chi connectivity index (χ4v) is 4.46. The third kappa shape index (κ3) is 4.50. The standard InChI is InChI=1S/C16H21NO2S2/c1-12-10-14(21-13(12)6-3-4-8-18)15(19)17-11-16(2)7-5-9-20-16/h10,18H,4-5,7-9,11H2,1-2H3,(H,17,19). The second-order valence-electron chi connectivity index (χ2n) is 5.48. The maximum atomic E-state index is 12.2. The normalized spacial score (nSPS) is 20.9.